The molecule has 1 aliphatic carbocycles. The van der Waals surface area contributed by atoms with Gasteiger partial charge in [0.1, 0.15) is 5.69 Å². The number of aromatic nitrogens is 1. The molecule has 0 bridgehead atoms. The van der Waals surface area contributed by atoms with E-state index in [0.717, 1.165) is 5.56 Å². The van der Waals surface area contributed by atoms with E-state index >= 15 is 0 Å². The number of carbonyl (C=O) groups excluding carboxylic acids is 1. The molecule has 2 aromatic rings. The van der Waals surface area contributed by atoms with Crippen molar-refractivity contribution in [3.63, 3.8) is 0 Å². The summed E-state index contributed by atoms with van der Waals surface area (Å²) >= 11 is 0. The average Bonchev–Trinajstić information content (AvgIpc) is 3.39. The molecule has 1 unspecified atom stereocenters. The van der Waals surface area contributed by atoms with Gasteiger partial charge in [0.05, 0.1) is 4.90 Å². The monoisotopic (exact) mass is 507 g/mol. The van der Waals surface area contributed by atoms with Crippen LogP contribution in [0.15, 0.2) is 41.4 Å². The molecule has 1 N–H and O–H groups in total. The molecule has 35 heavy (non-hydrogen) atoms. The third kappa shape index (κ3) is 3.80. The molecule has 190 valence electrons. The molecule has 0 spiro atoms. The fourth-order valence-corrected chi connectivity index (χ4v) is 8.30. The molecule has 2 fully saturated rings. The molecule has 1 aromatic carbocycles. The Kier molecular flexibility index (Phi) is 5.46. The smallest absolute Gasteiger partial charge is 0.253 e. The molecule has 1 saturated heterocycles. The summed E-state index contributed by atoms with van der Waals surface area (Å²) in [7, 11) is -3.49. The Morgan fingerprint density at radius 2 is 1.91 bits per heavy atom. The number of aryl methyl sites for hydroxylation is 1. The van der Waals surface area contributed by atoms with Crippen LogP contribution in [0.4, 0.5) is 20.3 Å². The molecule has 3 aliphatic rings. The highest BCUT2D eigenvalue weighted by Crippen LogP contribution is 2.57. The van der Waals surface area contributed by atoms with Crippen molar-refractivity contribution in [3.8, 4) is 0 Å². The summed E-state index contributed by atoms with van der Waals surface area (Å²) in [5, 5.41) is 0. The van der Waals surface area contributed by atoms with Crippen molar-refractivity contribution >= 4 is 27.1 Å². The van der Waals surface area contributed by atoms with Crippen molar-refractivity contribution in [1.29, 1.82) is 0 Å². The van der Waals surface area contributed by atoms with Crippen molar-refractivity contribution in [2.75, 3.05) is 48.4 Å². The van der Waals surface area contributed by atoms with Gasteiger partial charge in [-0.2, -0.15) is 4.21 Å². The lowest BCUT2D eigenvalue weighted by Gasteiger charge is -2.52. The van der Waals surface area contributed by atoms with Gasteiger partial charge >= 0.3 is 0 Å². The van der Waals surface area contributed by atoms with Gasteiger partial charge < -0.3 is 4.90 Å². The number of carbonyl (C=O) groups is 1. The second kappa shape index (κ2) is 7.94. The number of alkyl halides is 2. The minimum atomic E-state index is -4.98. The molecular weight excluding hydrogens is 476 g/mol. The molecular formula is C24H31F2N5O3S. The van der Waals surface area contributed by atoms with Gasteiger partial charge in [-0.25, -0.2) is 18.1 Å². The summed E-state index contributed by atoms with van der Waals surface area (Å²) in [6.45, 7) is 6.33. The Hall–Kier alpha value is -2.63. The van der Waals surface area contributed by atoms with Crippen molar-refractivity contribution in [2.24, 2.45) is 5.92 Å². The number of hydrogen-bond acceptors (Lipinski definition) is 4. The molecule has 5 rings (SSSR count). The maximum Gasteiger partial charge on any atom is 0.253 e. The molecule has 1 atom stereocenters. The van der Waals surface area contributed by atoms with Gasteiger partial charge in [-0.15, -0.1) is 0 Å². The van der Waals surface area contributed by atoms with Gasteiger partial charge in [-0.05, 0) is 46.0 Å². The zero-order valence-corrected chi connectivity index (χ0v) is 21.0. The second-order valence-electron chi connectivity index (χ2n) is 9.77. The van der Waals surface area contributed by atoms with Crippen molar-refractivity contribution in [2.45, 2.75) is 37.6 Å². The maximum atomic E-state index is 14.9. The quantitative estimate of drug-likeness (QED) is 0.673. The van der Waals surface area contributed by atoms with E-state index in [2.05, 4.69) is 9.88 Å². The molecule has 1 saturated carbocycles. The number of benzene rings is 1. The fraction of sp³-hybridized carbons (Fsp3) is 0.500. The summed E-state index contributed by atoms with van der Waals surface area (Å²) in [4.78, 5) is 20.1. The number of pyridine rings is 1. The predicted molar refractivity (Wildman–Crippen MR) is 131 cm³/mol. The van der Waals surface area contributed by atoms with Crippen LogP contribution in [0.25, 0.3) is 0 Å². The Balaban J connectivity index is 1.51. The summed E-state index contributed by atoms with van der Waals surface area (Å²) in [5.41, 5.74) is 1.82. The van der Waals surface area contributed by atoms with Crippen molar-refractivity contribution in [1.82, 2.24) is 14.8 Å². The van der Waals surface area contributed by atoms with E-state index in [-0.39, 0.29) is 23.8 Å². The van der Waals surface area contributed by atoms with E-state index in [1.807, 2.05) is 12.1 Å². The van der Waals surface area contributed by atoms with Gasteiger partial charge in [0.25, 0.3) is 5.92 Å². The van der Waals surface area contributed by atoms with E-state index in [9.17, 15) is 22.3 Å². The third-order valence-electron chi connectivity index (χ3n) is 7.43. The number of hydrogen-bond donors (Lipinski definition) is 1. The Morgan fingerprint density at radius 3 is 2.54 bits per heavy atom. The SMILES string of the molecule is CC(=O)N1CCN(Cc2ccc(C)c(S3(=O)(O)N(C)c4ncccc4N3CC3CC3(F)F)c2)CC1. The zero-order valence-electron chi connectivity index (χ0n) is 20.2. The molecule has 1 amide bonds. The van der Waals surface area contributed by atoms with Crippen LogP contribution in [0.3, 0.4) is 0 Å². The molecule has 1 aromatic heterocycles. The molecule has 3 heterocycles. The lowest BCUT2D eigenvalue weighted by Crippen LogP contribution is -2.58. The topological polar surface area (TPSA) is 80.2 Å². The van der Waals surface area contributed by atoms with Crippen LogP contribution in [-0.2, 0) is 21.1 Å². The molecule has 8 nitrogen and oxygen atoms in total. The third-order valence-corrected chi connectivity index (χ3v) is 10.9. The summed E-state index contributed by atoms with van der Waals surface area (Å²) in [6, 6.07) is 8.76. The first-order chi connectivity index (χ1) is 16.4. The number of fused-ring (bicyclic) bond motifs is 1. The standard InChI is InChI=1S/C24H31F2N5O3S/c1-17-6-7-19(15-29-9-11-30(12-10-29)18(2)32)13-22(17)35(33,34)28(3)23-21(5-4-8-27-23)31(35)16-20-14-24(20,25)26/h4-8,13,20H,9-12,14-16H2,1-3H3,(H,33,34). The van der Waals surface area contributed by atoms with Crippen molar-refractivity contribution in [3.05, 3.63) is 47.7 Å². The fourth-order valence-electron chi connectivity index (χ4n) is 5.08. The largest absolute Gasteiger partial charge is 0.340 e. The van der Waals surface area contributed by atoms with E-state index in [4.69, 9.17) is 0 Å². The first kappa shape index (κ1) is 24.1. The number of nitrogens with zero attached hydrogens (tertiary/aromatic N) is 5. The predicted octanol–water partition coefficient (Wildman–Crippen LogP) is 3.15. The minimum Gasteiger partial charge on any atom is -0.340 e. The van der Waals surface area contributed by atoms with Gasteiger partial charge in [0.15, 0.2) is 5.82 Å². The van der Waals surface area contributed by atoms with Crippen molar-refractivity contribution < 1.29 is 22.3 Å². The zero-order chi connectivity index (χ0) is 25.2. The van der Waals surface area contributed by atoms with E-state index in [1.165, 1.54) is 21.9 Å². The van der Waals surface area contributed by atoms with Gasteiger partial charge in [0, 0.05) is 71.8 Å². The normalized spacial score (nSPS) is 25.6. The van der Waals surface area contributed by atoms with Crippen LogP contribution in [0.1, 0.15) is 24.5 Å². The highest BCUT2D eigenvalue weighted by atomic mass is 32.3. The highest BCUT2D eigenvalue weighted by molar-refractivity contribution is 8.17. The number of piperazine rings is 1. The minimum absolute atomic E-state index is 0.0567. The van der Waals surface area contributed by atoms with E-state index in [1.54, 1.807) is 36.9 Å². The average molecular weight is 508 g/mol. The summed E-state index contributed by atoms with van der Waals surface area (Å²) in [5.74, 6) is -3.47. The van der Waals surface area contributed by atoms with Crippen LogP contribution >= 0.6 is 0 Å². The van der Waals surface area contributed by atoms with Crippen LogP contribution < -0.4 is 8.61 Å². The van der Waals surface area contributed by atoms with Crippen LogP contribution in [0, 0.1) is 12.8 Å². The summed E-state index contributed by atoms with van der Waals surface area (Å²) in [6.07, 6.45) is 1.23. The Bertz CT molecular complexity index is 1250. The molecule has 0 radical (unpaired) electrons. The molecule has 2 aliphatic heterocycles. The number of anilines is 2. The van der Waals surface area contributed by atoms with Crippen LogP contribution in [0.2, 0.25) is 0 Å². The van der Waals surface area contributed by atoms with Crippen LogP contribution in [-0.4, -0.2) is 75.1 Å². The van der Waals surface area contributed by atoms with Gasteiger partial charge in [-0.3, -0.25) is 18.6 Å². The second-order valence-corrected chi connectivity index (χ2v) is 12.9. The number of amides is 1. The first-order valence-electron chi connectivity index (χ1n) is 11.8. The Morgan fingerprint density at radius 1 is 1.23 bits per heavy atom. The lowest BCUT2D eigenvalue weighted by atomic mass is 10.1. The first-order valence-corrected chi connectivity index (χ1v) is 13.6. The lowest BCUT2D eigenvalue weighted by molar-refractivity contribution is -0.130. The Labute approximate surface area is 204 Å². The van der Waals surface area contributed by atoms with Gasteiger partial charge in [-0.1, -0.05) is 12.1 Å². The van der Waals surface area contributed by atoms with E-state index < -0.39 is 21.6 Å². The van der Waals surface area contributed by atoms with Crippen LogP contribution in [0.5, 0.6) is 0 Å². The molecule has 11 heteroatoms. The maximum absolute atomic E-state index is 14.9. The number of rotatable bonds is 5. The van der Waals surface area contributed by atoms with Gasteiger partial charge in [0.2, 0.25) is 5.91 Å². The highest BCUT2D eigenvalue weighted by Gasteiger charge is 2.61. The number of halogens is 2. The van der Waals surface area contributed by atoms with E-state index in [0.29, 0.717) is 49.8 Å². The summed E-state index contributed by atoms with van der Waals surface area (Å²) < 4.78 is 57.5.